The van der Waals surface area contributed by atoms with Crippen LogP contribution in [0.15, 0.2) is 71.5 Å². The predicted molar refractivity (Wildman–Crippen MR) is 137 cm³/mol. The molecule has 3 aromatic carbocycles. The molecule has 0 fully saturated rings. The highest BCUT2D eigenvalue weighted by Crippen LogP contribution is 2.28. The van der Waals surface area contributed by atoms with E-state index in [1.165, 1.54) is 7.11 Å². The van der Waals surface area contributed by atoms with Crippen molar-refractivity contribution in [2.75, 3.05) is 12.4 Å². The van der Waals surface area contributed by atoms with Gasteiger partial charge in [-0.2, -0.15) is 0 Å². The molecule has 0 saturated heterocycles. The number of benzene rings is 3. The van der Waals surface area contributed by atoms with Crippen LogP contribution in [0, 0.1) is 13.8 Å². The average Bonchev–Trinajstić information content (AvgIpc) is 2.88. The highest BCUT2D eigenvalue weighted by molar-refractivity contribution is 6.00. The van der Waals surface area contributed by atoms with E-state index in [2.05, 4.69) is 10.3 Å². The second-order valence-corrected chi connectivity index (χ2v) is 8.34. The van der Waals surface area contributed by atoms with Gasteiger partial charge in [0.25, 0.3) is 11.5 Å². The van der Waals surface area contributed by atoms with Crippen LogP contribution in [0.1, 0.15) is 40.2 Å². The van der Waals surface area contributed by atoms with E-state index in [-0.39, 0.29) is 11.1 Å². The average molecular weight is 486 g/mol. The highest BCUT2D eigenvalue weighted by atomic mass is 16.5. The number of esters is 1. The smallest absolute Gasteiger partial charge is 0.339 e. The molecule has 1 heterocycles. The van der Waals surface area contributed by atoms with Gasteiger partial charge in [-0.3, -0.25) is 9.59 Å². The monoisotopic (exact) mass is 485 g/mol. The van der Waals surface area contributed by atoms with Crippen molar-refractivity contribution in [1.82, 2.24) is 9.55 Å². The fourth-order valence-corrected chi connectivity index (χ4v) is 4.01. The Bertz CT molecular complexity index is 1490. The van der Waals surface area contributed by atoms with Crippen LogP contribution in [0.25, 0.3) is 11.0 Å². The first kappa shape index (κ1) is 24.7. The summed E-state index contributed by atoms with van der Waals surface area (Å²) in [5, 5.41) is 2.82. The largest absolute Gasteiger partial charge is 0.495 e. The van der Waals surface area contributed by atoms with Gasteiger partial charge in [-0.15, -0.1) is 0 Å². The Kier molecular flexibility index (Phi) is 7.15. The Morgan fingerprint density at radius 1 is 1.03 bits per heavy atom. The lowest BCUT2D eigenvalue weighted by molar-refractivity contribution is -0.125. The van der Waals surface area contributed by atoms with E-state index >= 15 is 0 Å². The molecular weight excluding hydrogens is 458 g/mol. The number of hydrogen-bond acceptors (Lipinski definition) is 6. The van der Waals surface area contributed by atoms with E-state index in [1.807, 2.05) is 26.0 Å². The summed E-state index contributed by atoms with van der Waals surface area (Å²) in [6.07, 6.45) is -1.21. The van der Waals surface area contributed by atoms with Crippen molar-refractivity contribution >= 4 is 28.6 Å². The molecule has 0 saturated carbocycles. The molecule has 0 bridgehead atoms. The Hall–Kier alpha value is -4.46. The Labute approximate surface area is 208 Å². The van der Waals surface area contributed by atoms with Crippen LogP contribution in [-0.2, 0) is 16.1 Å². The number of anilines is 1. The van der Waals surface area contributed by atoms with Crippen LogP contribution in [0.5, 0.6) is 5.75 Å². The van der Waals surface area contributed by atoms with Gasteiger partial charge in [-0.05, 0) is 56.7 Å². The van der Waals surface area contributed by atoms with Crippen LogP contribution >= 0.6 is 0 Å². The number of ether oxygens (including phenoxy) is 2. The maximum atomic E-state index is 13.3. The lowest BCUT2D eigenvalue weighted by Gasteiger charge is -2.19. The lowest BCUT2D eigenvalue weighted by atomic mass is 10.1. The molecule has 4 rings (SSSR count). The van der Waals surface area contributed by atoms with Crippen molar-refractivity contribution < 1.29 is 19.1 Å². The molecule has 1 N–H and O–H groups in total. The molecular formula is C28H27N3O5. The molecule has 0 aliphatic rings. The normalized spacial score (nSPS) is 11.7. The van der Waals surface area contributed by atoms with Gasteiger partial charge in [0.15, 0.2) is 0 Å². The maximum Gasteiger partial charge on any atom is 0.339 e. The molecule has 1 aromatic heterocycles. The first-order chi connectivity index (χ1) is 17.3. The summed E-state index contributed by atoms with van der Waals surface area (Å²) < 4.78 is 12.7. The summed E-state index contributed by atoms with van der Waals surface area (Å²) in [6.45, 7) is 5.88. The van der Waals surface area contributed by atoms with Crippen LogP contribution in [-0.4, -0.2) is 28.5 Å². The molecule has 36 heavy (non-hydrogen) atoms. The molecule has 8 heteroatoms. The fraction of sp³-hybridized carbons (Fsp3) is 0.214. The number of carbonyl (C=O) groups is 2. The number of nitrogens with zero attached hydrogens (tertiary/aromatic N) is 2. The Morgan fingerprint density at radius 2 is 1.78 bits per heavy atom. The van der Waals surface area contributed by atoms with Crippen LogP contribution in [0.4, 0.5) is 5.69 Å². The summed E-state index contributed by atoms with van der Waals surface area (Å²) in [5.41, 5.74) is 3.42. The van der Waals surface area contributed by atoms with Crippen molar-refractivity contribution in [3.8, 4) is 5.75 Å². The summed E-state index contributed by atoms with van der Waals surface area (Å²) in [4.78, 5) is 43.3. The van der Waals surface area contributed by atoms with Gasteiger partial charge in [-0.25, -0.2) is 9.78 Å². The second kappa shape index (κ2) is 10.4. The minimum atomic E-state index is -1.21. The van der Waals surface area contributed by atoms with E-state index in [1.54, 1.807) is 66.1 Å². The summed E-state index contributed by atoms with van der Waals surface area (Å²) in [6, 6.07) is 19.0. The molecule has 0 spiro atoms. The lowest BCUT2D eigenvalue weighted by Crippen LogP contribution is -2.26. The van der Waals surface area contributed by atoms with E-state index in [4.69, 9.17) is 9.47 Å². The standard InChI is InChI=1S/C28H27N3O5/c1-5-31-23-13-12-20(16-21(23)29-18(3)27(31)33)28(34)36-25(19-9-7-6-8-10-19)26(32)30-22-15-17(2)11-14-24(22)35-4/h6-16,25H,5H2,1-4H3,(H,30,32). The first-order valence-corrected chi connectivity index (χ1v) is 11.5. The zero-order chi connectivity index (χ0) is 25.8. The number of rotatable bonds is 7. The van der Waals surface area contributed by atoms with Gasteiger partial charge in [0, 0.05) is 12.1 Å². The van der Waals surface area contributed by atoms with Crippen LogP contribution in [0.2, 0.25) is 0 Å². The topological polar surface area (TPSA) is 99.5 Å². The Morgan fingerprint density at radius 3 is 2.47 bits per heavy atom. The third-order valence-corrected chi connectivity index (χ3v) is 5.84. The van der Waals surface area contributed by atoms with Gasteiger partial charge < -0.3 is 19.4 Å². The number of nitrogens with one attached hydrogen (secondary N) is 1. The van der Waals surface area contributed by atoms with Gasteiger partial charge in [0.05, 0.1) is 29.4 Å². The number of fused-ring (bicyclic) bond motifs is 1. The van der Waals surface area contributed by atoms with Gasteiger partial charge in [0.2, 0.25) is 6.10 Å². The minimum absolute atomic E-state index is 0.173. The van der Waals surface area contributed by atoms with Gasteiger partial charge in [0.1, 0.15) is 11.4 Å². The third kappa shape index (κ3) is 4.98. The van der Waals surface area contributed by atoms with Crippen molar-refractivity contribution in [2.24, 2.45) is 0 Å². The van der Waals surface area contributed by atoms with Gasteiger partial charge in [-0.1, -0.05) is 36.4 Å². The van der Waals surface area contributed by atoms with Crippen molar-refractivity contribution in [1.29, 1.82) is 0 Å². The number of aromatic nitrogens is 2. The first-order valence-electron chi connectivity index (χ1n) is 11.5. The van der Waals surface area contributed by atoms with E-state index in [0.29, 0.717) is 40.3 Å². The molecule has 0 aliphatic heterocycles. The van der Waals surface area contributed by atoms with E-state index in [0.717, 1.165) is 5.56 Å². The zero-order valence-electron chi connectivity index (χ0n) is 20.6. The number of amides is 1. The molecule has 1 amide bonds. The minimum Gasteiger partial charge on any atom is -0.495 e. The fourth-order valence-electron chi connectivity index (χ4n) is 4.01. The summed E-state index contributed by atoms with van der Waals surface area (Å²) >= 11 is 0. The van der Waals surface area contributed by atoms with Crippen LogP contribution in [0.3, 0.4) is 0 Å². The number of hydrogen-bond donors (Lipinski definition) is 1. The zero-order valence-corrected chi connectivity index (χ0v) is 20.6. The summed E-state index contributed by atoms with van der Waals surface area (Å²) in [7, 11) is 1.52. The Balaban J connectivity index is 1.67. The van der Waals surface area contributed by atoms with Crippen LogP contribution < -0.4 is 15.6 Å². The number of carbonyl (C=O) groups excluding carboxylic acids is 2. The molecule has 0 aliphatic carbocycles. The predicted octanol–water partition coefficient (Wildman–Crippen LogP) is 4.58. The van der Waals surface area contributed by atoms with Gasteiger partial charge >= 0.3 is 5.97 Å². The molecule has 1 atom stereocenters. The number of methoxy groups -OCH3 is 1. The van der Waals surface area contributed by atoms with E-state index < -0.39 is 18.0 Å². The highest BCUT2D eigenvalue weighted by Gasteiger charge is 2.27. The second-order valence-electron chi connectivity index (χ2n) is 8.34. The molecule has 8 nitrogen and oxygen atoms in total. The van der Waals surface area contributed by atoms with E-state index in [9.17, 15) is 14.4 Å². The molecule has 1 unspecified atom stereocenters. The third-order valence-electron chi connectivity index (χ3n) is 5.84. The maximum absolute atomic E-state index is 13.3. The quantitative estimate of drug-likeness (QED) is 0.385. The van der Waals surface area contributed by atoms with Crippen molar-refractivity contribution in [3.63, 3.8) is 0 Å². The molecule has 4 aromatic rings. The summed E-state index contributed by atoms with van der Waals surface area (Å²) in [5.74, 6) is -0.719. The van der Waals surface area contributed by atoms with Crippen molar-refractivity contribution in [2.45, 2.75) is 33.4 Å². The number of aryl methyl sites for hydroxylation is 3. The van der Waals surface area contributed by atoms with Crippen molar-refractivity contribution in [3.05, 3.63) is 99.5 Å². The molecule has 0 radical (unpaired) electrons. The SMILES string of the molecule is CCn1c(=O)c(C)nc2cc(C(=O)OC(C(=O)Nc3cc(C)ccc3OC)c3ccccc3)ccc21. The molecule has 184 valence electrons.